The first kappa shape index (κ1) is 18.3. The Morgan fingerprint density at radius 3 is 2.82 bits per heavy atom. The van der Waals surface area contributed by atoms with Gasteiger partial charge in [-0.1, -0.05) is 12.1 Å². The van der Waals surface area contributed by atoms with Crippen molar-refractivity contribution in [2.75, 3.05) is 0 Å². The summed E-state index contributed by atoms with van der Waals surface area (Å²) in [5.74, 6) is 0.206. The zero-order valence-corrected chi connectivity index (χ0v) is 15.8. The standard InChI is InChI=1S/C22H22O6/c1-13-5-6-14(2)18(10-13)28-20-12-26-19-11-15(7-8-16(19)21(20)23)27-22(24)17-4-3-9-25-17/h3-6,9-10,12,15-16,19H,7-8,11H2,1-2H3. The molecular formula is C22H22O6. The highest BCUT2D eigenvalue weighted by Gasteiger charge is 2.42. The number of benzene rings is 1. The first-order valence-electron chi connectivity index (χ1n) is 9.40. The zero-order chi connectivity index (χ0) is 19.7. The maximum absolute atomic E-state index is 12.9. The minimum Gasteiger partial charge on any atom is -0.493 e. The number of carbonyl (C=O) groups is 2. The molecule has 1 aliphatic heterocycles. The predicted molar refractivity (Wildman–Crippen MR) is 99.8 cm³/mol. The molecule has 1 fully saturated rings. The first-order valence-corrected chi connectivity index (χ1v) is 9.40. The third kappa shape index (κ3) is 3.67. The number of rotatable bonds is 4. The van der Waals surface area contributed by atoms with Crippen LogP contribution in [0.1, 0.15) is 40.9 Å². The molecule has 3 unspecified atom stereocenters. The van der Waals surface area contributed by atoms with E-state index >= 15 is 0 Å². The number of carbonyl (C=O) groups excluding carboxylic acids is 2. The maximum Gasteiger partial charge on any atom is 0.374 e. The number of allylic oxidation sites excluding steroid dienone is 1. The first-order chi connectivity index (χ1) is 13.5. The molecule has 4 rings (SSSR count). The molecule has 1 saturated carbocycles. The molecule has 1 aromatic carbocycles. The Bertz CT molecular complexity index is 911. The van der Waals surface area contributed by atoms with Gasteiger partial charge in [-0.3, -0.25) is 4.79 Å². The molecule has 6 nitrogen and oxygen atoms in total. The zero-order valence-electron chi connectivity index (χ0n) is 15.8. The van der Waals surface area contributed by atoms with Crippen LogP contribution in [0.2, 0.25) is 0 Å². The minimum absolute atomic E-state index is 0.0621. The molecule has 2 aromatic rings. The molecule has 2 aliphatic rings. The van der Waals surface area contributed by atoms with Gasteiger partial charge in [-0.15, -0.1) is 0 Å². The van der Waals surface area contributed by atoms with Gasteiger partial charge in [-0.25, -0.2) is 4.79 Å². The Kier molecular flexibility index (Phi) is 4.94. The van der Waals surface area contributed by atoms with Crippen molar-refractivity contribution in [3.63, 3.8) is 0 Å². The summed E-state index contributed by atoms with van der Waals surface area (Å²) in [5, 5.41) is 0. The summed E-state index contributed by atoms with van der Waals surface area (Å²) in [6.07, 6.45) is 3.84. The highest BCUT2D eigenvalue weighted by molar-refractivity contribution is 5.96. The van der Waals surface area contributed by atoms with Gasteiger partial charge in [-0.05, 0) is 56.0 Å². The summed E-state index contributed by atoms with van der Waals surface area (Å²) in [7, 11) is 0. The van der Waals surface area contributed by atoms with E-state index in [1.807, 2.05) is 32.0 Å². The third-order valence-corrected chi connectivity index (χ3v) is 5.23. The third-order valence-electron chi connectivity index (χ3n) is 5.23. The van der Waals surface area contributed by atoms with E-state index in [9.17, 15) is 9.59 Å². The van der Waals surface area contributed by atoms with Crippen LogP contribution in [-0.2, 0) is 14.3 Å². The number of furan rings is 1. The Balaban J connectivity index is 1.41. The quantitative estimate of drug-likeness (QED) is 0.741. The molecule has 0 radical (unpaired) electrons. The Morgan fingerprint density at radius 1 is 1.18 bits per heavy atom. The average Bonchev–Trinajstić information content (AvgIpc) is 3.22. The van der Waals surface area contributed by atoms with Crippen molar-refractivity contribution >= 4 is 11.8 Å². The van der Waals surface area contributed by atoms with Crippen molar-refractivity contribution in [1.29, 1.82) is 0 Å². The average molecular weight is 382 g/mol. The fourth-order valence-electron chi connectivity index (χ4n) is 3.65. The molecule has 0 saturated heterocycles. The number of fused-ring (bicyclic) bond motifs is 1. The van der Waals surface area contributed by atoms with Crippen LogP contribution in [0.4, 0.5) is 0 Å². The lowest BCUT2D eigenvalue weighted by Crippen LogP contribution is -2.43. The Hall–Kier alpha value is -3.02. The highest BCUT2D eigenvalue weighted by atomic mass is 16.6. The number of ketones is 1. The van der Waals surface area contributed by atoms with E-state index in [2.05, 4.69) is 0 Å². The van der Waals surface area contributed by atoms with Crippen LogP contribution in [0.5, 0.6) is 5.75 Å². The molecule has 0 amide bonds. The molecule has 0 spiro atoms. The van der Waals surface area contributed by atoms with E-state index in [-0.39, 0.29) is 35.4 Å². The number of ether oxygens (including phenoxy) is 3. The van der Waals surface area contributed by atoms with Gasteiger partial charge in [0, 0.05) is 6.42 Å². The van der Waals surface area contributed by atoms with Crippen molar-refractivity contribution < 1.29 is 28.2 Å². The van der Waals surface area contributed by atoms with Crippen molar-refractivity contribution in [2.24, 2.45) is 5.92 Å². The highest BCUT2D eigenvalue weighted by Crippen LogP contribution is 2.35. The smallest absolute Gasteiger partial charge is 0.374 e. The van der Waals surface area contributed by atoms with Gasteiger partial charge in [0.05, 0.1) is 12.2 Å². The van der Waals surface area contributed by atoms with Crippen LogP contribution in [0.15, 0.2) is 53.0 Å². The normalized spacial score (nSPS) is 24.0. The van der Waals surface area contributed by atoms with Crippen molar-refractivity contribution in [3.05, 3.63) is 65.5 Å². The van der Waals surface area contributed by atoms with Gasteiger partial charge in [0.15, 0.2) is 0 Å². The fraction of sp³-hybridized carbons (Fsp3) is 0.364. The molecule has 1 aromatic heterocycles. The van der Waals surface area contributed by atoms with Gasteiger partial charge in [-0.2, -0.15) is 0 Å². The maximum atomic E-state index is 12.9. The molecule has 0 N–H and O–H groups in total. The molecule has 146 valence electrons. The van der Waals surface area contributed by atoms with Crippen LogP contribution < -0.4 is 4.74 Å². The number of hydrogen-bond donors (Lipinski definition) is 0. The van der Waals surface area contributed by atoms with Crippen LogP contribution in [0.25, 0.3) is 0 Å². The summed E-state index contributed by atoms with van der Waals surface area (Å²) in [4.78, 5) is 24.9. The van der Waals surface area contributed by atoms with Crippen molar-refractivity contribution in [1.82, 2.24) is 0 Å². The van der Waals surface area contributed by atoms with E-state index in [1.165, 1.54) is 12.5 Å². The lowest BCUT2D eigenvalue weighted by molar-refractivity contribution is -0.132. The topological polar surface area (TPSA) is 75.0 Å². The van der Waals surface area contributed by atoms with Crippen molar-refractivity contribution in [3.8, 4) is 5.75 Å². The number of Topliss-reactive ketones (excluding diaryl/α,β-unsaturated/α-hetero) is 1. The van der Waals surface area contributed by atoms with E-state index < -0.39 is 5.97 Å². The van der Waals surface area contributed by atoms with Gasteiger partial charge in [0.2, 0.25) is 17.3 Å². The number of hydrogen-bond acceptors (Lipinski definition) is 6. The number of esters is 1. The van der Waals surface area contributed by atoms with Gasteiger partial charge in [0.25, 0.3) is 0 Å². The second-order valence-corrected chi connectivity index (χ2v) is 7.32. The Morgan fingerprint density at radius 2 is 2.04 bits per heavy atom. The summed E-state index contributed by atoms with van der Waals surface area (Å²) in [5.41, 5.74) is 2.01. The second kappa shape index (κ2) is 7.54. The van der Waals surface area contributed by atoms with Crippen LogP contribution in [0, 0.1) is 19.8 Å². The van der Waals surface area contributed by atoms with E-state index in [1.54, 1.807) is 12.1 Å². The van der Waals surface area contributed by atoms with Crippen LogP contribution in [-0.4, -0.2) is 24.0 Å². The largest absolute Gasteiger partial charge is 0.493 e. The predicted octanol–water partition coefficient (Wildman–Crippen LogP) is 4.11. The van der Waals surface area contributed by atoms with Gasteiger partial charge < -0.3 is 18.6 Å². The summed E-state index contributed by atoms with van der Waals surface area (Å²) in [6, 6.07) is 9.06. The Labute approximate surface area is 163 Å². The fourth-order valence-corrected chi connectivity index (χ4v) is 3.65. The molecule has 0 bridgehead atoms. The van der Waals surface area contributed by atoms with Gasteiger partial charge in [0.1, 0.15) is 24.2 Å². The minimum atomic E-state index is -0.495. The van der Waals surface area contributed by atoms with E-state index in [0.29, 0.717) is 25.0 Å². The van der Waals surface area contributed by atoms with Gasteiger partial charge >= 0.3 is 5.97 Å². The summed E-state index contributed by atoms with van der Waals surface area (Å²) < 4.78 is 22.2. The number of aryl methyl sites for hydroxylation is 2. The molecule has 28 heavy (non-hydrogen) atoms. The molecule has 3 atom stereocenters. The molecule has 2 heterocycles. The van der Waals surface area contributed by atoms with E-state index in [4.69, 9.17) is 18.6 Å². The van der Waals surface area contributed by atoms with Crippen molar-refractivity contribution in [2.45, 2.75) is 45.3 Å². The summed E-state index contributed by atoms with van der Waals surface area (Å²) in [6.45, 7) is 3.91. The lowest BCUT2D eigenvalue weighted by atomic mass is 9.80. The summed E-state index contributed by atoms with van der Waals surface area (Å²) >= 11 is 0. The SMILES string of the molecule is Cc1ccc(C)c(OC2=COC3CC(OC(=O)c4ccco4)CCC3C2=O)c1. The van der Waals surface area contributed by atoms with E-state index in [0.717, 1.165) is 11.1 Å². The van der Waals surface area contributed by atoms with Crippen LogP contribution >= 0.6 is 0 Å². The van der Waals surface area contributed by atoms with Crippen LogP contribution in [0.3, 0.4) is 0 Å². The monoisotopic (exact) mass is 382 g/mol. The molecule has 6 heteroatoms. The second-order valence-electron chi connectivity index (χ2n) is 7.32. The molecular weight excluding hydrogens is 360 g/mol. The lowest BCUT2D eigenvalue weighted by Gasteiger charge is -2.36. The molecule has 1 aliphatic carbocycles.